The third-order valence-corrected chi connectivity index (χ3v) is 4.26. The predicted molar refractivity (Wildman–Crippen MR) is 88.6 cm³/mol. The lowest BCUT2D eigenvalue weighted by Crippen LogP contribution is -2.25. The second-order valence-corrected chi connectivity index (χ2v) is 5.80. The molecule has 0 fully saturated rings. The van der Waals surface area contributed by atoms with E-state index in [-0.39, 0.29) is 18.0 Å². The Morgan fingerprint density at radius 2 is 1.67 bits per heavy atom. The second-order valence-electron chi connectivity index (χ2n) is 5.80. The SMILES string of the molecule is COc1cc2c(c(OC)c1OC)[C@@H](c1ccc(F)cc1)O[C@H](C)C2. The summed E-state index contributed by atoms with van der Waals surface area (Å²) >= 11 is 0. The molecule has 1 heterocycles. The summed E-state index contributed by atoms with van der Waals surface area (Å²) < 4.78 is 36.0. The van der Waals surface area contributed by atoms with Gasteiger partial charge in [0.1, 0.15) is 11.9 Å². The molecule has 0 amide bonds. The molecule has 128 valence electrons. The molecule has 0 aliphatic carbocycles. The molecule has 0 radical (unpaired) electrons. The summed E-state index contributed by atoms with van der Waals surface area (Å²) in [6.07, 6.45) is 0.415. The van der Waals surface area contributed by atoms with E-state index in [1.54, 1.807) is 33.5 Å². The van der Waals surface area contributed by atoms with E-state index in [9.17, 15) is 4.39 Å². The van der Waals surface area contributed by atoms with Gasteiger partial charge in [0.05, 0.1) is 27.4 Å². The lowest BCUT2D eigenvalue weighted by atomic mass is 9.89. The maximum Gasteiger partial charge on any atom is 0.203 e. The van der Waals surface area contributed by atoms with Crippen LogP contribution in [0.2, 0.25) is 0 Å². The fourth-order valence-corrected chi connectivity index (χ4v) is 3.23. The number of fused-ring (bicyclic) bond motifs is 1. The molecule has 2 aromatic rings. The standard InChI is InChI=1S/C19H21FO4/c1-11-9-13-10-15(21-2)18(22-3)19(23-4)16(13)17(24-11)12-5-7-14(20)8-6-12/h5-8,10-11,17H,9H2,1-4H3/t11-,17-/m1/s1. The average Bonchev–Trinajstić information content (AvgIpc) is 2.59. The minimum Gasteiger partial charge on any atom is -0.493 e. The van der Waals surface area contributed by atoms with Gasteiger partial charge >= 0.3 is 0 Å². The molecular formula is C19H21FO4. The molecule has 0 spiro atoms. The smallest absolute Gasteiger partial charge is 0.203 e. The van der Waals surface area contributed by atoms with Crippen molar-refractivity contribution in [2.24, 2.45) is 0 Å². The molecule has 24 heavy (non-hydrogen) atoms. The van der Waals surface area contributed by atoms with Gasteiger partial charge in [-0.1, -0.05) is 12.1 Å². The van der Waals surface area contributed by atoms with Crippen LogP contribution in [-0.2, 0) is 11.2 Å². The Labute approximate surface area is 141 Å². The molecule has 0 unspecified atom stereocenters. The quantitative estimate of drug-likeness (QED) is 0.851. The van der Waals surface area contributed by atoms with Crippen molar-refractivity contribution >= 4 is 0 Å². The lowest BCUT2D eigenvalue weighted by molar-refractivity contribution is 0.00555. The van der Waals surface area contributed by atoms with Crippen LogP contribution in [0.3, 0.4) is 0 Å². The molecule has 5 heteroatoms. The molecule has 0 bridgehead atoms. The highest BCUT2D eigenvalue weighted by molar-refractivity contribution is 5.62. The van der Waals surface area contributed by atoms with Crippen molar-refractivity contribution in [2.75, 3.05) is 21.3 Å². The van der Waals surface area contributed by atoms with E-state index in [0.29, 0.717) is 17.2 Å². The molecule has 2 aromatic carbocycles. The third-order valence-electron chi connectivity index (χ3n) is 4.26. The number of methoxy groups -OCH3 is 3. The van der Waals surface area contributed by atoms with Crippen LogP contribution in [0, 0.1) is 5.82 Å². The van der Waals surface area contributed by atoms with Crippen molar-refractivity contribution in [3.8, 4) is 17.2 Å². The van der Waals surface area contributed by atoms with Gasteiger partial charge in [-0.2, -0.15) is 0 Å². The van der Waals surface area contributed by atoms with Crippen LogP contribution in [0.15, 0.2) is 30.3 Å². The Bertz CT molecular complexity index is 727. The topological polar surface area (TPSA) is 36.9 Å². The van der Waals surface area contributed by atoms with Crippen LogP contribution >= 0.6 is 0 Å². The van der Waals surface area contributed by atoms with Gasteiger partial charge in [0.15, 0.2) is 11.5 Å². The molecule has 3 rings (SSSR count). The number of benzene rings is 2. The van der Waals surface area contributed by atoms with Crippen molar-refractivity contribution < 1.29 is 23.3 Å². The molecule has 4 nitrogen and oxygen atoms in total. The molecule has 1 aliphatic rings. The first kappa shape index (κ1) is 16.6. The lowest BCUT2D eigenvalue weighted by Gasteiger charge is -2.33. The second kappa shape index (κ2) is 6.69. The highest BCUT2D eigenvalue weighted by atomic mass is 19.1. The summed E-state index contributed by atoms with van der Waals surface area (Å²) in [5.41, 5.74) is 2.85. The van der Waals surface area contributed by atoms with E-state index in [4.69, 9.17) is 18.9 Å². The normalized spacial score (nSPS) is 19.5. The predicted octanol–water partition coefficient (Wildman–Crippen LogP) is 3.90. The average molecular weight is 332 g/mol. The van der Waals surface area contributed by atoms with Crippen LogP contribution in [-0.4, -0.2) is 27.4 Å². The fraction of sp³-hybridized carbons (Fsp3) is 0.368. The summed E-state index contributed by atoms with van der Waals surface area (Å²) in [4.78, 5) is 0. The first-order valence-electron chi connectivity index (χ1n) is 7.81. The number of hydrogen-bond acceptors (Lipinski definition) is 4. The molecule has 2 atom stereocenters. The monoisotopic (exact) mass is 332 g/mol. The zero-order valence-corrected chi connectivity index (χ0v) is 14.3. The van der Waals surface area contributed by atoms with Gasteiger partial charge in [-0.25, -0.2) is 4.39 Å². The fourth-order valence-electron chi connectivity index (χ4n) is 3.23. The molecule has 0 saturated carbocycles. The molecule has 0 N–H and O–H groups in total. The zero-order chi connectivity index (χ0) is 17.3. The minimum atomic E-state index is -0.348. The Morgan fingerprint density at radius 1 is 1.00 bits per heavy atom. The van der Waals surface area contributed by atoms with E-state index in [1.165, 1.54) is 12.1 Å². The first-order chi connectivity index (χ1) is 11.6. The van der Waals surface area contributed by atoms with Gasteiger partial charge < -0.3 is 18.9 Å². The van der Waals surface area contributed by atoms with Crippen LogP contribution in [0.4, 0.5) is 4.39 Å². The highest BCUT2D eigenvalue weighted by Gasteiger charge is 2.33. The van der Waals surface area contributed by atoms with Gasteiger partial charge in [0, 0.05) is 5.56 Å². The van der Waals surface area contributed by atoms with E-state index in [2.05, 4.69) is 0 Å². The van der Waals surface area contributed by atoms with E-state index in [0.717, 1.165) is 23.1 Å². The summed E-state index contributed by atoms with van der Waals surface area (Å²) in [6, 6.07) is 8.30. The van der Waals surface area contributed by atoms with Crippen LogP contribution in [0.1, 0.15) is 29.7 Å². The van der Waals surface area contributed by atoms with Gasteiger partial charge in [-0.05, 0) is 42.7 Å². The summed E-state index contributed by atoms with van der Waals surface area (Å²) in [5, 5.41) is 0. The minimum absolute atomic E-state index is 0.0235. The number of hydrogen-bond donors (Lipinski definition) is 0. The van der Waals surface area contributed by atoms with Crippen LogP contribution < -0.4 is 14.2 Å². The number of halogens is 1. The van der Waals surface area contributed by atoms with Crippen LogP contribution in [0.5, 0.6) is 17.2 Å². The van der Waals surface area contributed by atoms with Crippen molar-refractivity contribution in [1.82, 2.24) is 0 Å². The molecule has 1 aliphatic heterocycles. The largest absolute Gasteiger partial charge is 0.493 e. The molecule has 0 saturated heterocycles. The van der Waals surface area contributed by atoms with E-state index < -0.39 is 0 Å². The summed E-state index contributed by atoms with van der Waals surface area (Å²) in [6.45, 7) is 2.02. The van der Waals surface area contributed by atoms with Gasteiger partial charge in [-0.15, -0.1) is 0 Å². The first-order valence-corrected chi connectivity index (χ1v) is 7.81. The maximum atomic E-state index is 13.3. The number of ether oxygens (including phenoxy) is 4. The Morgan fingerprint density at radius 3 is 2.25 bits per heavy atom. The third kappa shape index (κ3) is 2.80. The molecule has 0 aromatic heterocycles. The highest BCUT2D eigenvalue weighted by Crippen LogP contribution is 2.49. The Hall–Kier alpha value is -2.27. The van der Waals surface area contributed by atoms with Crippen molar-refractivity contribution in [2.45, 2.75) is 25.6 Å². The van der Waals surface area contributed by atoms with Crippen LogP contribution in [0.25, 0.3) is 0 Å². The van der Waals surface area contributed by atoms with Crippen molar-refractivity contribution in [1.29, 1.82) is 0 Å². The maximum absolute atomic E-state index is 13.3. The summed E-state index contributed by atoms with van der Waals surface area (Å²) in [5.74, 6) is 1.47. The summed E-state index contributed by atoms with van der Waals surface area (Å²) in [7, 11) is 4.77. The van der Waals surface area contributed by atoms with Crippen molar-refractivity contribution in [3.63, 3.8) is 0 Å². The van der Waals surface area contributed by atoms with Crippen molar-refractivity contribution in [3.05, 3.63) is 52.8 Å². The Balaban J connectivity index is 2.21. The molecular weight excluding hydrogens is 311 g/mol. The van der Waals surface area contributed by atoms with E-state index in [1.807, 2.05) is 13.0 Å². The Kier molecular flexibility index (Phi) is 4.62. The zero-order valence-electron chi connectivity index (χ0n) is 14.3. The van der Waals surface area contributed by atoms with Gasteiger partial charge in [0.25, 0.3) is 0 Å². The number of rotatable bonds is 4. The van der Waals surface area contributed by atoms with Gasteiger partial charge in [-0.3, -0.25) is 0 Å². The van der Waals surface area contributed by atoms with Gasteiger partial charge in [0.2, 0.25) is 5.75 Å². The van der Waals surface area contributed by atoms with E-state index >= 15 is 0 Å².